The van der Waals surface area contributed by atoms with Crippen LogP contribution in [0.3, 0.4) is 0 Å². The minimum Gasteiger partial charge on any atom is -0.367 e. The number of para-hydroxylation sites is 1. The zero-order valence-electron chi connectivity index (χ0n) is 11.7. The van der Waals surface area contributed by atoms with Gasteiger partial charge in [0, 0.05) is 28.8 Å². The zero-order chi connectivity index (χ0) is 14.4. The van der Waals surface area contributed by atoms with Crippen LogP contribution in [0, 0.1) is 5.82 Å². The van der Waals surface area contributed by atoms with E-state index in [1.807, 2.05) is 30.3 Å². The lowest BCUT2D eigenvalue weighted by Crippen LogP contribution is -2.24. The van der Waals surface area contributed by atoms with Gasteiger partial charge in [0.25, 0.3) is 0 Å². The van der Waals surface area contributed by atoms with Crippen molar-refractivity contribution < 1.29 is 4.39 Å². The molecule has 0 aromatic heterocycles. The summed E-state index contributed by atoms with van der Waals surface area (Å²) in [6.07, 6.45) is 2.24. The SMILES string of the molecule is CCCCN(Cc1ccc(Br)cc1F)c1ccccc1. The number of benzene rings is 2. The summed E-state index contributed by atoms with van der Waals surface area (Å²) in [5.74, 6) is -0.156. The second kappa shape index (κ2) is 7.44. The van der Waals surface area contributed by atoms with Gasteiger partial charge in [-0.25, -0.2) is 4.39 Å². The Labute approximate surface area is 128 Å². The van der Waals surface area contributed by atoms with Gasteiger partial charge in [-0.2, -0.15) is 0 Å². The Hall–Kier alpha value is -1.35. The summed E-state index contributed by atoms with van der Waals surface area (Å²) in [4.78, 5) is 2.23. The van der Waals surface area contributed by atoms with Crippen molar-refractivity contribution in [1.82, 2.24) is 0 Å². The van der Waals surface area contributed by atoms with Gasteiger partial charge in [-0.15, -0.1) is 0 Å². The van der Waals surface area contributed by atoms with Crippen LogP contribution >= 0.6 is 15.9 Å². The highest BCUT2D eigenvalue weighted by molar-refractivity contribution is 9.10. The number of unbranched alkanes of at least 4 members (excludes halogenated alkanes) is 1. The van der Waals surface area contributed by atoms with Crippen LogP contribution in [0.4, 0.5) is 10.1 Å². The van der Waals surface area contributed by atoms with Gasteiger partial charge >= 0.3 is 0 Å². The highest BCUT2D eigenvalue weighted by Crippen LogP contribution is 2.21. The molecule has 2 aromatic carbocycles. The molecule has 0 heterocycles. The molecule has 0 N–H and O–H groups in total. The molecule has 0 amide bonds. The zero-order valence-corrected chi connectivity index (χ0v) is 13.2. The predicted octanol–water partition coefficient (Wildman–Crippen LogP) is 5.39. The fourth-order valence-electron chi connectivity index (χ4n) is 2.14. The summed E-state index contributed by atoms with van der Waals surface area (Å²) in [6, 6.07) is 15.5. The summed E-state index contributed by atoms with van der Waals surface area (Å²) >= 11 is 3.30. The van der Waals surface area contributed by atoms with Crippen LogP contribution in [0.15, 0.2) is 53.0 Å². The van der Waals surface area contributed by atoms with E-state index < -0.39 is 0 Å². The Balaban J connectivity index is 2.19. The highest BCUT2D eigenvalue weighted by atomic mass is 79.9. The first-order valence-electron chi connectivity index (χ1n) is 6.94. The third-order valence-corrected chi connectivity index (χ3v) is 3.77. The van der Waals surface area contributed by atoms with E-state index in [9.17, 15) is 4.39 Å². The van der Waals surface area contributed by atoms with Gasteiger partial charge in [0.1, 0.15) is 5.82 Å². The van der Waals surface area contributed by atoms with E-state index in [4.69, 9.17) is 0 Å². The molecule has 2 rings (SSSR count). The minimum absolute atomic E-state index is 0.156. The Morgan fingerprint density at radius 2 is 1.85 bits per heavy atom. The van der Waals surface area contributed by atoms with Crippen LogP contribution in [-0.2, 0) is 6.54 Å². The van der Waals surface area contributed by atoms with E-state index in [0.717, 1.165) is 35.1 Å². The molecule has 3 heteroatoms. The van der Waals surface area contributed by atoms with Gasteiger partial charge in [-0.1, -0.05) is 53.5 Å². The Morgan fingerprint density at radius 3 is 2.50 bits per heavy atom. The van der Waals surface area contributed by atoms with Gasteiger partial charge in [-0.05, 0) is 30.7 Å². The van der Waals surface area contributed by atoms with Gasteiger partial charge in [0.05, 0.1) is 0 Å². The number of rotatable bonds is 6. The molecule has 1 nitrogen and oxygen atoms in total. The Bertz CT molecular complexity index is 542. The third-order valence-electron chi connectivity index (χ3n) is 3.28. The number of hydrogen-bond acceptors (Lipinski definition) is 1. The van der Waals surface area contributed by atoms with Crippen LogP contribution in [0.25, 0.3) is 0 Å². The van der Waals surface area contributed by atoms with Crippen molar-refractivity contribution in [2.45, 2.75) is 26.3 Å². The molecule has 106 valence electrons. The molecule has 0 saturated carbocycles. The van der Waals surface area contributed by atoms with Crippen molar-refractivity contribution >= 4 is 21.6 Å². The summed E-state index contributed by atoms with van der Waals surface area (Å²) in [5, 5.41) is 0. The average molecular weight is 336 g/mol. The molecule has 0 aliphatic carbocycles. The Morgan fingerprint density at radius 1 is 1.10 bits per heavy atom. The van der Waals surface area contributed by atoms with E-state index >= 15 is 0 Å². The predicted molar refractivity (Wildman–Crippen MR) is 86.5 cm³/mol. The first kappa shape index (κ1) is 15.0. The second-order valence-corrected chi connectivity index (χ2v) is 5.76. The van der Waals surface area contributed by atoms with E-state index in [-0.39, 0.29) is 5.82 Å². The molecule has 0 atom stereocenters. The molecule has 0 saturated heterocycles. The summed E-state index contributed by atoms with van der Waals surface area (Å²) in [7, 11) is 0. The highest BCUT2D eigenvalue weighted by Gasteiger charge is 2.10. The number of halogens is 2. The molecule has 0 radical (unpaired) electrons. The van der Waals surface area contributed by atoms with E-state index in [2.05, 4.69) is 39.9 Å². The summed E-state index contributed by atoms with van der Waals surface area (Å²) < 4.78 is 14.8. The Kier molecular flexibility index (Phi) is 5.60. The van der Waals surface area contributed by atoms with Gasteiger partial charge in [-0.3, -0.25) is 0 Å². The van der Waals surface area contributed by atoms with Crippen LogP contribution < -0.4 is 4.90 Å². The quantitative estimate of drug-likeness (QED) is 0.683. The van der Waals surface area contributed by atoms with Crippen molar-refractivity contribution in [2.24, 2.45) is 0 Å². The standard InChI is InChI=1S/C17H19BrFN/c1-2-3-11-20(16-7-5-4-6-8-16)13-14-9-10-15(18)12-17(14)19/h4-10,12H,2-3,11,13H2,1H3. The monoisotopic (exact) mass is 335 g/mol. The van der Waals surface area contributed by atoms with Crippen molar-refractivity contribution in [1.29, 1.82) is 0 Å². The molecule has 0 unspecified atom stereocenters. The van der Waals surface area contributed by atoms with Gasteiger partial charge in [0.2, 0.25) is 0 Å². The number of hydrogen-bond donors (Lipinski definition) is 0. The van der Waals surface area contributed by atoms with Crippen molar-refractivity contribution in [3.63, 3.8) is 0 Å². The smallest absolute Gasteiger partial charge is 0.129 e. The second-order valence-electron chi connectivity index (χ2n) is 4.85. The van der Waals surface area contributed by atoms with Crippen molar-refractivity contribution in [3.05, 3.63) is 64.4 Å². The van der Waals surface area contributed by atoms with Crippen LogP contribution in [0.2, 0.25) is 0 Å². The lowest BCUT2D eigenvalue weighted by Gasteiger charge is -2.25. The third kappa shape index (κ3) is 4.07. The van der Waals surface area contributed by atoms with Crippen molar-refractivity contribution in [3.8, 4) is 0 Å². The first-order valence-corrected chi connectivity index (χ1v) is 7.74. The van der Waals surface area contributed by atoms with Gasteiger partial charge < -0.3 is 4.90 Å². The number of anilines is 1. The maximum atomic E-state index is 14.0. The number of nitrogens with zero attached hydrogens (tertiary/aromatic N) is 1. The molecule has 0 aliphatic heterocycles. The van der Waals surface area contributed by atoms with E-state index in [0.29, 0.717) is 6.54 Å². The van der Waals surface area contributed by atoms with Crippen LogP contribution in [0.1, 0.15) is 25.3 Å². The molecule has 0 fully saturated rings. The molecule has 0 bridgehead atoms. The van der Waals surface area contributed by atoms with Crippen LogP contribution in [-0.4, -0.2) is 6.54 Å². The summed E-state index contributed by atoms with van der Waals surface area (Å²) in [5.41, 5.74) is 1.87. The fraction of sp³-hybridized carbons (Fsp3) is 0.294. The topological polar surface area (TPSA) is 3.24 Å². The molecule has 0 aliphatic rings. The first-order chi connectivity index (χ1) is 9.70. The van der Waals surface area contributed by atoms with E-state index in [1.54, 1.807) is 0 Å². The van der Waals surface area contributed by atoms with Crippen LogP contribution in [0.5, 0.6) is 0 Å². The largest absolute Gasteiger partial charge is 0.367 e. The molecule has 0 spiro atoms. The van der Waals surface area contributed by atoms with E-state index in [1.165, 1.54) is 6.07 Å². The van der Waals surface area contributed by atoms with Gasteiger partial charge in [0.15, 0.2) is 0 Å². The molecule has 20 heavy (non-hydrogen) atoms. The maximum Gasteiger partial charge on any atom is 0.129 e. The molecule has 2 aromatic rings. The molecular weight excluding hydrogens is 317 g/mol. The van der Waals surface area contributed by atoms with Crippen molar-refractivity contribution in [2.75, 3.05) is 11.4 Å². The lowest BCUT2D eigenvalue weighted by molar-refractivity contribution is 0.600. The lowest BCUT2D eigenvalue weighted by atomic mass is 10.1. The minimum atomic E-state index is -0.156. The molecular formula is C17H19BrFN. The normalized spacial score (nSPS) is 10.6. The summed E-state index contributed by atoms with van der Waals surface area (Å²) in [6.45, 7) is 3.71. The maximum absolute atomic E-state index is 14.0. The fourth-order valence-corrected chi connectivity index (χ4v) is 2.48. The average Bonchev–Trinajstić information content (AvgIpc) is 2.46.